The van der Waals surface area contributed by atoms with E-state index in [0.717, 1.165) is 6.07 Å². The molecule has 8 nitrogen and oxygen atoms in total. The van der Waals surface area contributed by atoms with Gasteiger partial charge in [0.05, 0.1) is 18.2 Å². The number of amides is 1. The van der Waals surface area contributed by atoms with Crippen LogP contribution in [0.3, 0.4) is 0 Å². The van der Waals surface area contributed by atoms with Crippen LogP contribution >= 0.6 is 0 Å². The van der Waals surface area contributed by atoms with Gasteiger partial charge in [-0.05, 0) is 6.07 Å². The van der Waals surface area contributed by atoms with E-state index in [9.17, 15) is 14.9 Å². The summed E-state index contributed by atoms with van der Waals surface area (Å²) < 4.78 is 9.77. The molecule has 0 bridgehead atoms. The molecule has 92 valence electrons. The van der Waals surface area contributed by atoms with Crippen LogP contribution in [0, 0.1) is 21.4 Å². The summed E-state index contributed by atoms with van der Waals surface area (Å²) in [6, 6.07) is 4.14. The molecule has 2 heterocycles. The minimum absolute atomic E-state index is 0.0709. The van der Waals surface area contributed by atoms with E-state index in [1.54, 1.807) is 0 Å². The summed E-state index contributed by atoms with van der Waals surface area (Å²) in [6.45, 7) is 0.316. The number of carbonyl (C=O) groups excluding carboxylic acids is 1. The normalized spacial score (nSPS) is 13.9. The SMILES string of the molecule is N#CC1=C(NC(=O)c2ccc([N+](=O)[O-])o2)OCC1. The molecule has 1 amide bonds. The quantitative estimate of drug-likeness (QED) is 0.632. The van der Waals surface area contributed by atoms with Gasteiger partial charge in [-0.25, -0.2) is 0 Å². The number of hydrogen-bond acceptors (Lipinski definition) is 6. The predicted octanol–water partition coefficient (Wildman–Crippen LogP) is 1.07. The first-order valence-corrected chi connectivity index (χ1v) is 4.93. The van der Waals surface area contributed by atoms with Crippen LogP contribution in [0.25, 0.3) is 0 Å². The molecule has 0 unspecified atom stereocenters. The van der Waals surface area contributed by atoms with Crippen LogP contribution in [0.15, 0.2) is 28.0 Å². The average Bonchev–Trinajstić information content (AvgIpc) is 2.96. The van der Waals surface area contributed by atoms with Crippen molar-refractivity contribution in [2.24, 2.45) is 0 Å². The Balaban J connectivity index is 2.13. The monoisotopic (exact) mass is 249 g/mol. The van der Waals surface area contributed by atoms with E-state index in [1.807, 2.05) is 6.07 Å². The highest BCUT2D eigenvalue weighted by Crippen LogP contribution is 2.18. The number of carbonyl (C=O) groups is 1. The third-order valence-corrected chi connectivity index (χ3v) is 2.23. The molecule has 0 atom stereocenters. The Morgan fingerprint density at radius 1 is 1.56 bits per heavy atom. The Morgan fingerprint density at radius 3 is 2.94 bits per heavy atom. The van der Waals surface area contributed by atoms with Crippen molar-refractivity contribution in [3.05, 3.63) is 39.5 Å². The van der Waals surface area contributed by atoms with Crippen LogP contribution in [-0.2, 0) is 4.74 Å². The van der Waals surface area contributed by atoms with Crippen molar-refractivity contribution < 1.29 is 18.9 Å². The Kier molecular flexibility index (Phi) is 2.97. The van der Waals surface area contributed by atoms with Gasteiger partial charge in [0, 0.05) is 6.42 Å². The van der Waals surface area contributed by atoms with Gasteiger partial charge in [0.2, 0.25) is 5.88 Å². The molecule has 1 N–H and O–H groups in total. The van der Waals surface area contributed by atoms with Crippen LogP contribution in [0.4, 0.5) is 5.88 Å². The molecule has 0 aliphatic carbocycles. The Labute approximate surface area is 101 Å². The summed E-state index contributed by atoms with van der Waals surface area (Å²) in [7, 11) is 0. The number of nitriles is 1. The maximum atomic E-state index is 11.6. The molecular formula is C10H7N3O5. The fourth-order valence-corrected chi connectivity index (χ4v) is 1.39. The number of nitrogens with zero attached hydrogens (tertiary/aromatic N) is 2. The van der Waals surface area contributed by atoms with Crippen molar-refractivity contribution in [1.82, 2.24) is 5.32 Å². The molecule has 0 aromatic carbocycles. The smallest absolute Gasteiger partial charge is 0.433 e. The lowest BCUT2D eigenvalue weighted by atomic mass is 10.2. The average molecular weight is 249 g/mol. The second-order valence-electron chi connectivity index (χ2n) is 3.37. The molecule has 18 heavy (non-hydrogen) atoms. The Bertz CT molecular complexity index is 581. The highest BCUT2D eigenvalue weighted by molar-refractivity contribution is 5.92. The molecule has 1 aromatic rings. The van der Waals surface area contributed by atoms with Gasteiger partial charge in [-0.15, -0.1) is 0 Å². The first-order valence-electron chi connectivity index (χ1n) is 4.93. The number of rotatable bonds is 3. The number of hydrogen-bond donors (Lipinski definition) is 1. The van der Waals surface area contributed by atoms with Gasteiger partial charge in [0.15, 0.2) is 5.76 Å². The van der Waals surface area contributed by atoms with Gasteiger partial charge in [-0.1, -0.05) is 0 Å². The third kappa shape index (κ3) is 2.15. The third-order valence-electron chi connectivity index (χ3n) is 2.23. The second kappa shape index (κ2) is 4.58. The van der Waals surface area contributed by atoms with Crippen LogP contribution in [0.1, 0.15) is 17.0 Å². The number of furan rings is 1. The first-order chi connectivity index (χ1) is 8.61. The number of nitro groups is 1. The molecular weight excluding hydrogens is 242 g/mol. The lowest BCUT2D eigenvalue weighted by molar-refractivity contribution is -0.402. The van der Waals surface area contributed by atoms with Gasteiger partial charge in [0.1, 0.15) is 11.0 Å². The topological polar surface area (TPSA) is 118 Å². The minimum atomic E-state index is -0.747. The minimum Gasteiger partial charge on any atom is -0.478 e. The summed E-state index contributed by atoms with van der Waals surface area (Å²) >= 11 is 0. The van der Waals surface area contributed by atoms with Gasteiger partial charge in [0.25, 0.3) is 5.91 Å². The zero-order valence-corrected chi connectivity index (χ0v) is 9.00. The van der Waals surface area contributed by atoms with Crippen molar-refractivity contribution in [1.29, 1.82) is 5.26 Å². The van der Waals surface area contributed by atoms with Crippen molar-refractivity contribution in [3.8, 4) is 6.07 Å². The van der Waals surface area contributed by atoms with Crippen molar-refractivity contribution >= 4 is 11.8 Å². The van der Waals surface area contributed by atoms with Crippen LogP contribution in [0.2, 0.25) is 0 Å². The van der Waals surface area contributed by atoms with Gasteiger partial charge >= 0.3 is 5.88 Å². The van der Waals surface area contributed by atoms with E-state index in [-0.39, 0.29) is 11.6 Å². The number of nitrogens with one attached hydrogen (secondary N) is 1. The fourth-order valence-electron chi connectivity index (χ4n) is 1.39. The molecule has 0 radical (unpaired) electrons. The van der Waals surface area contributed by atoms with Crippen LogP contribution < -0.4 is 5.32 Å². The molecule has 1 aromatic heterocycles. The van der Waals surface area contributed by atoms with E-state index in [0.29, 0.717) is 18.6 Å². The van der Waals surface area contributed by atoms with Crippen molar-refractivity contribution in [2.75, 3.05) is 6.61 Å². The standard InChI is InChI=1S/C10H7N3O5/c11-5-6-3-4-17-10(6)12-9(14)7-1-2-8(18-7)13(15)16/h1-2H,3-4H2,(H,12,14). The lowest BCUT2D eigenvalue weighted by Crippen LogP contribution is -2.23. The maximum Gasteiger partial charge on any atom is 0.433 e. The number of ether oxygens (including phenoxy) is 1. The molecule has 0 saturated carbocycles. The summed E-state index contributed by atoms with van der Waals surface area (Å²) in [4.78, 5) is 21.3. The maximum absolute atomic E-state index is 11.6. The predicted molar refractivity (Wildman–Crippen MR) is 56.0 cm³/mol. The Morgan fingerprint density at radius 2 is 2.33 bits per heavy atom. The largest absolute Gasteiger partial charge is 0.478 e. The summed E-state index contributed by atoms with van der Waals surface area (Å²) in [5, 5.41) is 21.5. The molecule has 8 heteroatoms. The highest BCUT2D eigenvalue weighted by Gasteiger charge is 2.22. The molecule has 0 fully saturated rings. The summed E-state index contributed by atoms with van der Waals surface area (Å²) in [5.74, 6) is -1.38. The van der Waals surface area contributed by atoms with Gasteiger partial charge in [-0.3, -0.25) is 20.2 Å². The van der Waals surface area contributed by atoms with E-state index in [1.165, 1.54) is 6.07 Å². The Hall–Kier alpha value is -2.82. The summed E-state index contributed by atoms with van der Waals surface area (Å²) in [5.41, 5.74) is 0.324. The molecule has 2 rings (SSSR count). The fraction of sp³-hybridized carbons (Fsp3) is 0.200. The highest BCUT2D eigenvalue weighted by atomic mass is 16.6. The molecule has 0 saturated heterocycles. The van der Waals surface area contributed by atoms with E-state index in [4.69, 9.17) is 14.4 Å². The van der Waals surface area contributed by atoms with Crippen molar-refractivity contribution in [2.45, 2.75) is 6.42 Å². The van der Waals surface area contributed by atoms with Crippen LogP contribution in [0.5, 0.6) is 0 Å². The molecule has 1 aliphatic heterocycles. The summed E-state index contributed by atoms with van der Waals surface area (Å²) in [6.07, 6.45) is 0.421. The zero-order valence-electron chi connectivity index (χ0n) is 9.00. The van der Waals surface area contributed by atoms with Gasteiger partial charge < -0.3 is 9.15 Å². The van der Waals surface area contributed by atoms with E-state index >= 15 is 0 Å². The zero-order chi connectivity index (χ0) is 13.1. The first kappa shape index (κ1) is 11.7. The molecule has 0 spiro atoms. The molecule has 1 aliphatic rings. The van der Waals surface area contributed by atoms with E-state index in [2.05, 4.69) is 5.32 Å². The van der Waals surface area contributed by atoms with Crippen LogP contribution in [-0.4, -0.2) is 17.4 Å². The van der Waals surface area contributed by atoms with E-state index < -0.39 is 16.7 Å². The second-order valence-corrected chi connectivity index (χ2v) is 3.37. The lowest BCUT2D eigenvalue weighted by Gasteiger charge is -2.03. The van der Waals surface area contributed by atoms with Crippen molar-refractivity contribution in [3.63, 3.8) is 0 Å². The van der Waals surface area contributed by atoms with Gasteiger partial charge in [-0.2, -0.15) is 5.26 Å².